The van der Waals surface area contributed by atoms with Crippen LogP contribution in [-0.2, 0) is 5.41 Å². The van der Waals surface area contributed by atoms with Crippen LogP contribution in [0, 0.1) is 0 Å². The van der Waals surface area contributed by atoms with E-state index in [0.29, 0.717) is 5.92 Å². The van der Waals surface area contributed by atoms with Gasteiger partial charge < -0.3 is 0 Å². The van der Waals surface area contributed by atoms with Crippen LogP contribution in [0.25, 0.3) is 22.8 Å². The molecule has 3 aromatic rings. The molecule has 1 aromatic heterocycles. The maximum Gasteiger partial charge on any atom is 0.163 e. The van der Waals surface area contributed by atoms with Gasteiger partial charge in [-0.25, -0.2) is 15.0 Å². The monoisotopic (exact) mass is 331 g/mol. The minimum Gasteiger partial charge on any atom is -0.212 e. The summed E-state index contributed by atoms with van der Waals surface area (Å²) >= 11 is 0. The minimum absolute atomic E-state index is 0.142. The van der Waals surface area contributed by atoms with Crippen molar-refractivity contribution in [1.29, 1.82) is 0 Å². The van der Waals surface area contributed by atoms with Gasteiger partial charge in [0.1, 0.15) is 5.82 Å². The summed E-state index contributed by atoms with van der Waals surface area (Å²) in [6.07, 6.45) is 0. The lowest BCUT2D eigenvalue weighted by atomic mass is 9.95. The molecular weight excluding hydrogens is 306 g/mol. The molecule has 0 saturated carbocycles. The molecule has 0 saturated heterocycles. The van der Waals surface area contributed by atoms with Crippen LogP contribution in [0.1, 0.15) is 51.9 Å². The van der Waals surface area contributed by atoms with Crippen molar-refractivity contribution in [1.82, 2.24) is 15.0 Å². The molecule has 3 rings (SSSR count). The first kappa shape index (κ1) is 17.3. The number of nitrogens with zero attached hydrogens (tertiary/aromatic N) is 3. The first-order valence-corrected chi connectivity index (χ1v) is 8.77. The maximum absolute atomic E-state index is 4.78. The second kappa shape index (κ2) is 6.75. The van der Waals surface area contributed by atoms with Crippen LogP contribution in [0.2, 0.25) is 0 Å². The van der Waals surface area contributed by atoms with E-state index >= 15 is 0 Å². The Morgan fingerprint density at radius 1 is 0.720 bits per heavy atom. The van der Waals surface area contributed by atoms with Crippen molar-refractivity contribution in [2.24, 2.45) is 0 Å². The van der Waals surface area contributed by atoms with E-state index in [0.717, 1.165) is 28.6 Å². The molecule has 0 spiro atoms. The van der Waals surface area contributed by atoms with Crippen LogP contribution < -0.4 is 0 Å². The van der Waals surface area contributed by atoms with E-state index in [4.69, 9.17) is 15.0 Å². The van der Waals surface area contributed by atoms with Gasteiger partial charge in [-0.2, -0.15) is 0 Å². The molecule has 128 valence electrons. The molecule has 0 N–H and O–H groups in total. The van der Waals surface area contributed by atoms with E-state index in [2.05, 4.69) is 58.9 Å². The van der Waals surface area contributed by atoms with Gasteiger partial charge in [-0.05, 0) is 17.5 Å². The summed E-state index contributed by atoms with van der Waals surface area (Å²) in [4.78, 5) is 14.3. The zero-order valence-corrected chi connectivity index (χ0v) is 15.6. The highest BCUT2D eigenvalue weighted by molar-refractivity contribution is 5.61. The van der Waals surface area contributed by atoms with Gasteiger partial charge in [0.15, 0.2) is 11.6 Å². The molecule has 0 aliphatic carbocycles. The Hall–Kier alpha value is -2.55. The van der Waals surface area contributed by atoms with Crippen molar-refractivity contribution >= 4 is 0 Å². The van der Waals surface area contributed by atoms with Crippen LogP contribution in [0.15, 0.2) is 54.6 Å². The third-order valence-corrected chi connectivity index (χ3v) is 4.15. The summed E-state index contributed by atoms with van der Waals surface area (Å²) in [6, 6.07) is 18.6. The molecule has 3 heteroatoms. The predicted octanol–water partition coefficient (Wildman–Crippen LogP) is 5.63. The molecule has 25 heavy (non-hydrogen) atoms. The fraction of sp³-hybridized carbons (Fsp3) is 0.318. The maximum atomic E-state index is 4.78. The Bertz CT molecular complexity index is 862. The number of rotatable bonds is 3. The number of aromatic nitrogens is 3. The SMILES string of the molecule is CC(C)c1cccc(-c2nc(-c3ccccc3)nc(C(C)(C)C)n2)c1. The Morgan fingerprint density at radius 3 is 1.92 bits per heavy atom. The third-order valence-electron chi connectivity index (χ3n) is 4.15. The standard InChI is InChI=1S/C22H25N3/c1-15(2)17-12-9-13-18(14-17)20-23-19(16-10-7-6-8-11-16)24-21(25-20)22(3,4)5/h6-15H,1-5H3. The van der Waals surface area contributed by atoms with Crippen molar-refractivity contribution in [2.75, 3.05) is 0 Å². The number of benzene rings is 2. The molecule has 0 bridgehead atoms. The van der Waals surface area contributed by atoms with Crippen LogP contribution in [0.5, 0.6) is 0 Å². The van der Waals surface area contributed by atoms with E-state index in [-0.39, 0.29) is 5.41 Å². The molecule has 0 aliphatic heterocycles. The quantitative estimate of drug-likeness (QED) is 0.624. The molecule has 0 fully saturated rings. The van der Waals surface area contributed by atoms with Crippen molar-refractivity contribution < 1.29 is 0 Å². The first-order valence-electron chi connectivity index (χ1n) is 8.77. The lowest BCUT2D eigenvalue weighted by Crippen LogP contribution is -2.18. The van der Waals surface area contributed by atoms with E-state index in [9.17, 15) is 0 Å². The fourth-order valence-electron chi connectivity index (χ4n) is 2.59. The summed E-state index contributed by atoms with van der Waals surface area (Å²) in [6.45, 7) is 10.8. The molecule has 0 radical (unpaired) electrons. The summed E-state index contributed by atoms with van der Waals surface area (Å²) in [5, 5.41) is 0. The van der Waals surface area contributed by atoms with E-state index in [1.165, 1.54) is 5.56 Å². The Morgan fingerprint density at radius 2 is 1.32 bits per heavy atom. The first-order chi connectivity index (χ1) is 11.8. The molecule has 0 amide bonds. The van der Waals surface area contributed by atoms with Crippen LogP contribution >= 0.6 is 0 Å². The zero-order valence-electron chi connectivity index (χ0n) is 15.6. The van der Waals surface area contributed by atoms with Crippen molar-refractivity contribution in [3.63, 3.8) is 0 Å². The predicted molar refractivity (Wildman–Crippen MR) is 103 cm³/mol. The Kier molecular flexibility index (Phi) is 4.67. The van der Waals surface area contributed by atoms with Gasteiger partial charge in [-0.1, -0.05) is 83.1 Å². The van der Waals surface area contributed by atoms with Crippen molar-refractivity contribution in [3.8, 4) is 22.8 Å². The van der Waals surface area contributed by atoms with Crippen molar-refractivity contribution in [3.05, 3.63) is 66.0 Å². The summed E-state index contributed by atoms with van der Waals surface area (Å²) in [5.74, 6) is 2.75. The van der Waals surface area contributed by atoms with Crippen molar-refractivity contribution in [2.45, 2.75) is 46.0 Å². The van der Waals surface area contributed by atoms with E-state index < -0.39 is 0 Å². The van der Waals surface area contributed by atoms with Gasteiger partial charge in [0, 0.05) is 16.5 Å². The summed E-state index contributed by atoms with van der Waals surface area (Å²) in [7, 11) is 0. The summed E-state index contributed by atoms with van der Waals surface area (Å²) < 4.78 is 0. The normalized spacial score (nSPS) is 11.8. The highest BCUT2D eigenvalue weighted by atomic mass is 15.0. The average Bonchev–Trinajstić information content (AvgIpc) is 2.61. The lowest BCUT2D eigenvalue weighted by Gasteiger charge is -2.18. The second-order valence-corrected chi connectivity index (χ2v) is 7.70. The van der Waals surface area contributed by atoms with Gasteiger partial charge in [0.25, 0.3) is 0 Å². The zero-order chi connectivity index (χ0) is 18.0. The Balaban J connectivity index is 2.18. The highest BCUT2D eigenvalue weighted by Crippen LogP contribution is 2.27. The number of hydrogen-bond acceptors (Lipinski definition) is 3. The largest absolute Gasteiger partial charge is 0.212 e. The molecular formula is C22H25N3. The molecule has 0 aliphatic rings. The van der Waals surface area contributed by atoms with Gasteiger partial charge in [0.05, 0.1) is 0 Å². The molecule has 0 atom stereocenters. The minimum atomic E-state index is -0.142. The topological polar surface area (TPSA) is 38.7 Å². The second-order valence-electron chi connectivity index (χ2n) is 7.70. The van der Waals surface area contributed by atoms with E-state index in [1.54, 1.807) is 0 Å². The molecule has 0 unspecified atom stereocenters. The fourth-order valence-corrected chi connectivity index (χ4v) is 2.59. The van der Waals surface area contributed by atoms with Gasteiger partial charge >= 0.3 is 0 Å². The third kappa shape index (κ3) is 3.93. The molecule has 3 nitrogen and oxygen atoms in total. The molecule has 1 heterocycles. The van der Waals surface area contributed by atoms with Crippen LogP contribution in [-0.4, -0.2) is 15.0 Å². The van der Waals surface area contributed by atoms with E-state index in [1.807, 2.05) is 30.3 Å². The lowest BCUT2D eigenvalue weighted by molar-refractivity contribution is 0.543. The highest BCUT2D eigenvalue weighted by Gasteiger charge is 2.21. The Labute approximate surface area is 150 Å². The smallest absolute Gasteiger partial charge is 0.163 e. The number of hydrogen-bond donors (Lipinski definition) is 0. The van der Waals surface area contributed by atoms with Gasteiger partial charge in [0.2, 0.25) is 0 Å². The van der Waals surface area contributed by atoms with Crippen LogP contribution in [0.4, 0.5) is 0 Å². The molecule has 2 aromatic carbocycles. The van der Waals surface area contributed by atoms with Gasteiger partial charge in [-0.15, -0.1) is 0 Å². The average molecular weight is 331 g/mol. The van der Waals surface area contributed by atoms with Gasteiger partial charge in [-0.3, -0.25) is 0 Å². The summed E-state index contributed by atoms with van der Waals surface area (Å²) in [5.41, 5.74) is 3.20. The van der Waals surface area contributed by atoms with Crippen LogP contribution in [0.3, 0.4) is 0 Å².